The maximum atomic E-state index is 12.5. The highest BCUT2D eigenvalue weighted by atomic mass is 16.2. The average molecular weight is 407 g/mol. The second kappa shape index (κ2) is 9.65. The van der Waals surface area contributed by atoms with Crippen LogP contribution in [0.3, 0.4) is 0 Å². The van der Waals surface area contributed by atoms with Gasteiger partial charge in [-0.2, -0.15) is 0 Å². The van der Waals surface area contributed by atoms with Crippen molar-refractivity contribution in [2.45, 2.75) is 31.7 Å². The lowest BCUT2D eigenvalue weighted by atomic mass is 10.0. The molecule has 1 fully saturated rings. The molecular weight excluding hydrogens is 376 g/mol. The van der Waals surface area contributed by atoms with Crippen LogP contribution in [-0.4, -0.2) is 55.6 Å². The number of fused-ring (bicyclic) bond motifs is 1. The number of likely N-dealkylation sites (tertiary alicyclic amines) is 1. The summed E-state index contributed by atoms with van der Waals surface area (Å²) < 4.78 is 0. The van der Waals surface area contributed by atoms with Gasteiger partial charge in [-0.3, -0.25) is 4.79 Å². The zero-order valence-electron chi connectivity index (χ0n) is 17.3. The number of nitrogens with one attached hydrogen (secondary N) is 2. The highest BCUT2D eigenvalue weighted by Gasteiger charge is 2.24. The van der Waals surface area contributed by atoms with Crippen molar-refractivity contribution in [3.05, 3.63) is 65.7 Å². The molecule has 6 heteroatoms. The normalized spacial score (nSPS) is 16.3. The van der Waals surface area contributed by atoms with Crippen molar-refractivity contribution in [3.63, 3.8) is 0 Å². The molecule has 0 spiro atoms. The molecule has 0 aliphatic carbocycles. The number of benzene rings is 2. The smallest absolute Gasteiger partial charge is 0.317 e. The van der Waals surface area contributed by atoms with Crippen LogP contribution in [0.5, 0.6) is 0 Å². The van der Waals surface area contributed by atoms with Crippen LogP contribution in [0.4, 0.5) is 10.5 Å². The molecule has 6 nitrogen and oxygen atoms in total. The third kappa shape index (κ3) is 4.93. The van der Waals surface area contributed by atoms with Crippen LogP contribution < -0.4 is 15.5 Å². The molecule has 1 saturated heterocycles. The third-order valence-electron chi connectivity index (χ3n) is 6.02. The van der Waals surface area contributed by atoms with Crippen molar-refractivity contribution < 1.29 is 9.59 Å². The van der Waals surface area contributed by atoms with Crippen LogP contribution in [-0.2, 0) is 6.42 Å². The summed E-state index contributed by atoms with van der Waals surface area (Å²) >= 11 is 0. The monoisotopic (exact) mass is 406 g/mol. The van der Waals surface area contributed by atoms with Crippen molar-refractivity contribution in [3.8, 4) is 0 Å². The van der Waals surface area contributed by atoms with E-state index in [9.17, 15) is 9.59 Å². The Labute approximate surface area is 178 Å². The van der Waals surface area contributed by atoms with Gasteiger partial charge in [0.2, 0.25) is 0 Å². The van der Waals surface area contributed by atoms with Gasteiger partial charge in [0, 0.05) is 50.0 Å². The quantitative estimate of drug-likeness (QED) is 0.725. The first-order valence-corrected chi connectivity index (χ1v) is 10.9. The SMILES string of the molecule is O=C(NC1CCN(C(=O)NCCCN2CCc3ccccc32)CC1)c1ccccc1. The Kier molecular flexibility index (Phi) is 6.52. The lowest BCUT2D eigenvalue weighted by Crippen LogP contribution is -2.49. The van der Waals surface area contributed by atoms with Crippen molar-refractivity contribution in [2.75, 3.05) is 37.6 Å². The van der Waals surface area contributed by atoms with Crippen molar-refractivity contribution in [1.82, 2.24) is 15.5 Å². The number of para-hydroxylation sites is 1. The molecule has 2 heterocycles. The van der Waals surface area contributed by atoms with E-state index >= 15 is 0 Å². The first-order chi connectivity index (χ1) is 14.7. The van der Waals surface area contributed by atoms with E-state index in [1.54, 1.807) is 0 Å². The van der Waals surface area contributed by atoms with Crippen LogP contribution in [0.25, 0.3) is 0 Å². The summed E-state index contributed by atoms with van der Waals surface area (Å²) in [6.07, 6.45) is 3.62. The number of carbonyl (C=O) groups is 2. The Morgan fingerprint density at radius 1 is 0.933 bits per heavy atom. The molecule has 0 aromatic heterocycles. The molecule has 0 unspecified atom stereocenters. The molecule has 2 aromatic rings. The first-order valence-electron chi connectivity index (χ1n) is 10.9. The van der Waals surface area contributed by atoms with Gasteiger partial charge in [-0.05, 0) is 49.4 Å². The fourth-order valence-corrected chi connectivity index (χ4v) is 4.30. The molecule has 2 N–H and O–H groups in total. The van der Waals surface area contributed by atoms with E-state index in [4.69, 9.17) is 0 Å². The standard InChI is InChI=1S/C24H30N4O2/c29-23(20-8-2-1-3-9-20)26-21-12-17-28(18-13-21)24(30)25-14-6-15-27-16-11-19-7-4-5-10-22(19)27/h1-5,7-10,21H,6,11-18H2,(H,25,30)(H,26,29). The second-order valence-corrected chi connectivity index (χ2v) is 8.05. The summed E-state index contributed by atoms with van der Waals surface area (Å²) in [7, 11) is 0. The summed E-state index contributed by atoms with van der Waals surface area (Å²) in [5.74, 6) is -0.0398. The first kappa shape index (κ1) is 20.3. The fourth-order valence-electron chi connectivity index (χ4n) is 4.30. The molecule has 0 saturated carbocycles. The number of carbonyl (C=O) groups excluding carboxylic acids is 2. The number of hydrogen-bond acceptors (Lipinski definition) is 3. The van der Waals surface area contributed by atoms with E-state index in [0.29, 0.717) is 25.2 Å². The van der Waals surface area contributed by atoms with Crippen molar-refractivity contribution in [1.29, 1.82) is 0 Å². The van der Waals surface area contributed by atoms with Crippen LogP contribution in [0.15, 0.2) is 54.6 Å². The molecule has 0 bridgehead atoms. The summed E-state index contributed by atoms with van der Waals surface area (Å²) in [6, 6.07) is 18.0. The zero-order valence-corrected chi connectivity index (χ0v) is 17.3. The number of piperidine rings is 1. The van der Waals surface area contributed by atoms with E-state index in [-0.39, 0.29) is 18.0 Å². The molecule has 3 amide bonds. The Balaban J connectivity index is 1.13. The molecule has 30 heavy (non-hydrogen) atoms. The maximum Gasteiger partial charge on any atom is 0.317 e. The number of nitrogens with zero attached hydrogens (tertiary/aromatic N) is 2. The number of amides is 3. The molecule has 2 aromatic carbocycles. The zero-order chi connectivity index (χ0) is 20.8. The minimum atomic E-state index is -0.0398. The van der Waals surface area contributed by atoms with Crippen LogP contribution in [0.1, 0.15) is 35.2 Å². The summed E-state index contributed by atoms with van der Waals surface area (Å²) in [5.41, 5.74) is 3.44. The van der Waals surface area contributed by atoms with Crippen molar-refractivity contribution >= 4 is 17.6 Å². The number of anilines is 1. The van der Waals surface area contributed by atoms with Gasteiger partial charge < -0.3 is 20.4 Å². The van der Waals surface area contributed by atoms with E-state index < -0.39 is 0 Å². The lowest BCUT2D eigenvalue weighted by Gasteiger charge is -2.32. The number of rotatable bonds is 6. The van der Waals surface area contributed by atoms with E-state index in [0.717, 1.165) is 38.8 Å². The molecule has 2 aliphatic heterocycles. The summed E-state index contributed by atoms with van der Waals surface area (Å²) in [6.45, 7) is 4.05. The number of hydrogen-bond donors (Lipinski definition) is 2. The van der Waals surface area contributed by atoms with Gasteiger partial charge in [0.25, 0.3) is 5.91 Å². The predicted molar refractivity (Wildman–Crippen MR) is 119 cm³/mol. The minimum Gasteiger partial charge on any atom is -0.371 e. The lowest BCUT2D eigenvalue weighted by molar-refractivity contribution is 0.0918. The maximum absolute atomic E-state index is 12.5. The van der Waals surface area contributed by atoms with Gasteiger partial charge in [0.15, 0.2) is 0 Å². The fraction of sp³-hybridized carbons (Fsp3) is 0.417. The predicted octanol–water partition coefficient (Wildman–Crippen LogP) is 3.04. The van der Waals surface area contributed by atoms with Gasteiger partial charge in [0.05, 0.1) is 0 Å². The summed E-state index contributed by atoms with van der Waals surface area (Å²) in [5, 5.41) is 6.14. The van der Waals surface area contributed by atoms with Crippen LogP contribution in [0.2, 0.25) is 0 Å². The Bertz CT molecular complexity index is 863. The molecule has 4 rings (SSSR count). The van der Waals surface area contributed by atoms with Crippen LogP contribution >= 0.6 is 0 Å². The van der Waals surface area contributed by atoms with Gasteiger partial charge >= 0.3 is 6.03 Å². The molecular formula is C24H30N4O2. The Hall–Kier alpha value is -3.02. The Morgan fingerprint density at radius 3 is 2.47 bits per heavy atom. The molecule has 0 radical (unpaired) electrons. The molecule has 0 atom stereocenters. The van der Waals surface area contributed by atoms with Crippen molar-refractivity contribution in [2.24, 2.45) is 0 Å². The second-order valence-electron chi connectivity index (χ2n) is 8.05. The van der Waals surface area contributed by atoms with Gasteiger partial charge in [0.1, 0.15) is 0 Å². The molecule has 158 valence electrons. The summed E-state index contributed by atoms with van der Waals surface area (Å²) in [4.78, 5) is 29.0. The Morgan fingerprint density at radius 2 is 1.67 bits per heavy atom. The largest absolute Gasteiger partial charge is 0.371 e. The molecule has 2 aliphatic rings. The highest BCUT2D eigenvalue weighted by Crippen LogP contribution is 2.27. The third-order valence-corrected chi connectivity index (χ3v) is 6.02. The van der Waals surface area contributed by atoms with Gasteiger partial charge in [-0.15, -0.1) is 0 Å². The van der Waals surface area contributed by atoms with E-state index in [1.165, 1.54) is 11.3 Å². The van der Waals surface area contributed by atoms with Gasteiger partial charge in [-0.1, -0.05) is 36.4 Å². The highest BCUT2D eigenvalue weighted by molar-refractivity contribution is 5.94. The minimum absolute atomic E-state index is 0.00431. The number of urea groups is 1. The topological polar surface area (TPSA) is 64.7 Å². The van der Waals surface area contributed by atoms with Crippen LogP contribution in [0, 0.1) is 0 Å². The van der Waals surface area contributed by atoms with E-state index in [2.05, 4.69) is 39.8 Å². The van der Waals surface area contributed by atoms with E-state index in [1.807, 2.05) is 35.2 Å². The average Bonchev–Trinajstić information content (AvgIpc) is 3.21. The van der Waals surface area contributed by atoms with Gasteiger partial charge in [-0.25, -0.2) is 4.79 Å².